The summed E-state index contributed by atoms with van der Waals surface area (Å²) in [6.45, 7) is 18.5. The van der Waals surface area contributed by atoms with Crippen molar-refractivity contribution >= 4 is 35.5 Å². The maximum absolute atomic E-state index is 14.1. The lowest BCUT2D eigenvalue weighted by Crippen LogP contribution is -2.61. The fraction of sp³-hybridized carbons (Fsp3) is 0.806. The summed E-state index contributed by atoms with van der Waals surface area (Å²) in [6.07, 6.45) is 2.51. The second-order valence-corrected chi connectivity index (χ2v) is 14.9. The molecule has 0 bridgehead atoms. The summed E-state index contributed by atoms with van der Waals surface area (Å²) >= 11 is 0. The molecule has 1 heterocycles. The number of rotatable bonds is 12. The molecule has 43 heavy (non-hydrogen) atoms. The van der Waals surface area contributed by atoms with E-state index in [0.29, 0.717) is 12.8 Å². The summed E-state index contributed by atoms with van der Waals surface area (Å²) in [5, 5.41) is 8.13. The molecule has 0 aromatic rings. The summed E-state index contributed by atoms with van der Waals surface area (Å²) in [4.78, 5) is 79.4. The van der Waals surface area contributed by atoms with Crippen LogP contribution >= 0.6 is 0 Å². The van der Waals surface area contributed by atoms with Gasteiger partial charge < -0.3 is 31.3 Å². The van der Waals surface area contributed by atoms with Crippen LogP contribution in [0.3, 0.4) is 0 Å². The van der Waals surface area contributed by atoms with E-state index in [1.165, 1.54) is 4.90 Å². The van der Waals surface area contributed by atoms with E-state index in [1.54, 1.807) is 55.4 Å². The number of ether oxygens (including phenoxy) is 1. The molecule has 5 N–H and O–H groups in total. The molecule has 1 saturated heterocycles. The van der Waals surface area contributed by atoms with E-state index < -0.39 is 70.7 Å². The molecular weight excluding hydrogens is 554 g/mol. The van der Waals surface area contributed by atoms with Gasteiger partial charge in [0.1, 0.15) is 23.7 Å². The van der Waals surface area contributed by atoms with Gasteiger partial charge in [-0.05, 0) is 62.7 Å². The second kappa shape index (κ2) is 14.1. The Kier molecular flexibility index (Phi) is 11.8. The highest BCUT2D eigenvalue weighted by molar-refractivity contribution is 6.37. The molecule has 1 unspecified atom stereocenters. The van der Waals surface area contributed by atoms with Gasteiger partial charge in [-0.3, -0.25) is 19.2 Å². The van der Waals surface area contributed by atoms with Crippen molar-refractivity contribution in [3.8, 4) is 0 Å². The van der Waals surface area contributed by atoms with Gasteiger partial charge in [0.2, 0.25) is 17.6 Å². The molecule has 12 nitrogen and oxygen atoms in total. The van der Waals surface area contributed by atoms with Crippen LogP contribution in [0.25, 0.3) is 0 Å². The van der Waals surface area contributed by atoms with Gasteiger partial charge in [0, 0.05) is 6.54 Å². The minimum absolute atomic E-state index is 0.000332. The molecule has 12 heteroatoms. The normalized spacial score (nSPS) is 21.2. The number of carbonyl (C=O) groups excluding carboxylic acids is 6. The van der Waals surface area contributed by atoms with Crippen molar-refractivity contribution in [2.24, 2.45) is 34.8 Å². The number of urea groups is 1. The van der Waals surface area contributed by atoms with Gasteiger partial charge in [0.25, 0.3) is 5.91 Å². The summed E-state index contributed by atoms with van der Waals surface area (Å²) in [5.74, 6) is -3.42. The molecule has 244 valence electrons. The average molecular weight is 608 g/mol. The van der Waals surface area contributed by atoms with E-state index in [4.69, 9.17) is 10.5 Å². The van der Waals surface area contributed by atoms with E-state index in [-0.39, 0.29) is 30.2 Å². The minimum atomic E-state index is -1.11. The van der Waals surface area contributed by atoms with E-state index in [0.717, 1.165) is 12.8 Å². The summed E-state index contributed by atoms with van der Waals surface area (Å²) in [7, 11) is 0. The highest BCUT2D eigenvalue weighted by Gasteiger charge is 2.46. The number of esters is 1. The van der Waals surface area contributed by atoms with Crippen LogP contribution in [-0.4, -0.2) is 76.7 Å². The standard InChI is InChI=1S/C31H53N5O7/c1-16(2)19-14-21(26(39)33-20(13-18-11-12-18)23(37)25(32)38)36(15-19)27(40)24(30(5,6)7)35-29(42)34-22(17(3)4)28(41)43-31(8,9)10/h16-22,24H,11-15H2,1-10H3,(H2,32,38)(H,33,39)(H2,34,35,42)/t19-,20?,21+,22+,24-/m1/s1. The van der Waals surface area contributed by atoms with E-state index >= 15 is 0 Å². The van der Waals surface area contributed by atoms with E-state index in [1.807, 2.05) is 13.8 Å². The maximum atomic E-state index is 14.1. The van der Waals surface area contributed by atoms with Crippen LogP contribution in [0.15, 0.2) is 0 Å². The monoisotopic (exact) mass is 607 g/mol. The third-order valence-corrected chi connectivity index (χ3v) is 8.01. The zero-order chi connectivity index (χ0) is 33.0. The summed E-state index contributed by atoms with van der Waals surface area (Å²) < 4.78 is 5.47. The van der Waals surface area contributed by atoms with Crippen molar-refractivity contribution in [1.29, 1.82) is 0 Å². The highest BCUT2D eigenvalue weighted by Crippen LogP contribution is 2.35. The Morgan fingerprint density at radius 1 is 0.907 bits per heavy atom. The van der Waals surface area contributed by atoms with Gasteiger partial charge in [-0.2, -0.15) is 0 Å². The van der Waals surface area contributed by atoms with Crippen LogP contribution in [-0.2, 0) is 28.7 Å². The minimum Gasteiger partial charge on any atom is -0.458 e. The first kappa shape index (κ1) is 36.0. The van der Waals surface area contributed by atoms with Crippen LogP contribution in [0.1, 0.15) is 94.9 Å². The quantitative estimate of drug-likeness (QED) is 0.194. The van der Waals surface area contributed by atoms with Crippen LogP contribution in [0.2, 0.25) is 0 Å². The highest BCUT2D eigenvalue weighted by atomic mass is 16.6. The number of likely N-dealkylation sites (tertiary alicyclic amines) is 1. The van der Waals surface area contributed by atoms with Crippen molar-refractivity contribution in [3.05, 3.63) is 0 Å². The molecule has 1 saturated carbocycles. The Bertz CT molecular complexity index is 1070. The average Bonchev–Trinajstić information content (AvgIpc) is 3.55. The molecule has 1 aliphatic heterocycles. The molecule has 0 radical (unpaired) electrons. The fourth-order valence-electron chi connectivity index (χ4n) is 5.19. The van der Waals surface area contributed by atoms with Crippen LogP contribution < -0.4 is 21.7 Å². The molecule has 0 aromatic carbocycles. The van der Waals surface area contributed by atoms with Crippen molar-refractivity contribution < 1.29 is 33.5 Å². The number of hydrogen-bond donors (Lipinski definition) is 4. The maximum Gasteiger partial charge on any atom is 0.329 e. The first-order valence-corrected chi connectivity index (χ1v) is 15.4. The SMILES string of the molecule is CC(C)[C@@H]1C[C@@H](C(=O)NC(CC2CC2)C(=O)C(N)=O)N(C(=O)[C@@H](NC(=O)N[C@H](C(=O)OC(C)(C)C)C(C)C)C(C)(C)C)C1. The van der Waals surface area contributed by atoms with Gasteiger partial charge in [-0.1, -0.05) is 61.3 Å². The summed E-state index contributed by atoms with van der Waals surface area (Å²) in [5.41, 5.74) is 3.75. The Morgan fingerprint density at radius 2 is 1.49 bits per heavy atom. The lowest BCUT2D eigenvalue weighted by atomic mass is 9.85. The first-order valence-electron chi connectivity index (χ1n) is 15.4. The Labute approximate surface area is 256 Å². The largest absolute Gasteiger partial charge is 0.458 e. The van der Waals surface area contributed by atoms with Crippen molar-refractivity contribution in [2.45, 2.75) is 125 Å². The van der Waals surface area contributed by atoms with Crippen molar-refractivity contribution in [1.82, 2.24) is 20.9 Å². The molecule has 0 spiro atoms. The topological polar surface area (TPSA) is 177 Å². The molecule has 5 atom stereocenters. The number of ketones is 1. The first-order chi connectivity index (χ1) is 19.6. The third-order valence-electron chi connectivity index (χ3n) is 8.01. The van der Waals surface area contributed by atoms with Gasteiger partial charge in [0.15, 0.2) is 0 Å². The zero-order valence-electron chi connectivity index (χ0n) is 27.5. The molecule has 0 aromatic heterocycles. The van der Waals surface area contributed by atoms with E-state index in [9.17, 15) is 28.8 Å². The fourth-order valence-corrected chi connectivity index (χ4v) is 5.19. The number of amides is 5. The smallest absolute Gasteiger partial charge is 0.329 e. The number of hydrogen-bond acceptors (Lipinski definition) is 7. The lowest BCUT2D eigenvalue weighted by Gasteiger charge is -2.36. The van der Waals surface area contributed by atoms with E-state index in [2.05, 4.69) is 16.0 Å². The number of Topliss-reactive ketones (excluding diaryl/α,β-unsaturated/α-hetero) is 1. The third kappa shape index (κ3) is 10.5. The Hall–Kier alpha value is -3.18. The summed E-state index contributed by atoms with van der Waals surface area (Å²) in [6, 6.07) is -4.65. The zero-order valence-corrected chi connectivity index (χ0v) is 27.5. The molecule has 2 fully saturated rings. The predicted octanol–water partition coefficient (Wildman–Crippen LogP) is 2.28. The number of nitrogens with zero attached hydrogens (tertiary/aromatic N) is 1. The van der Waals surface area contributed by atoms with Gasteiger partial charge in [-0.15, -0.1) is 0 Å². The molecular formula is C31H53N5O7. The number of primary amides is 1. The van der Waals surface area contributed by atoms with Gasteiger partial charge in [0.05, 0.1) is 6.04 Å². The Balaban J connectivity index is 2.29. The lowest BCUT2D eigenvalue weighted by molar-refractivity contribution is -0.158. The number of nitrogens with two attached hydrogens (primary N) is 1. The van der Waals surface area contributed by atoms with Crippen molar-refractivity contribution in [3.63, 3.8) is 0 Å². The van der Waals surface area contributed by atoms with Crippen molar-refractivity contribution in [2.75, 3.05) is 6.54 Å². The predicted molar refractivity (Wildman–Crippen MR) is 161 cm³/mol. The molecule has 5 amide bonds. The molecule has 1 aliphatic carbocycles. The van der Waals surface area contributed by atoms with Gasteiger partial charge >= 0.3 is 12.0 Å². The second-order valence-electron chi connectivity index (χ2n) is 14.9. The number of nitrogens with one attached hydrogen (secondary N) is 3. The van der Waals surface area contributed by atoms with Crippen LogP contribution in [0, 0.1) is 29.1 Å². The van der Waals surface area contributed by atoms with Crippen LogP contribution in [0.4, 0.5) is 4.79 Å². The number of carbonyl (C=O) groups is 6. The van der Waals surface area contributed by atoms with Crippen LogP contribution in [0.5, 0.6) is 0 Å². The van der Waals surface area contributed by atoms with Gasteiger partial charge in [-0.25, -0.2) is 9.59 Å². The molecule has 2 rings (SSSR count). The Morgan fingerprint density at radius 3 is 1.93 bits per heavy atom. The molecule has 2 aliphatic rings.